The zero-order valence-corrected chi connectivity index (χ0v) is 19.3. The molecule has 0 spiro atoms. The van der Waals surface area contributed by atoms with Crippen LogP contribution in [0.15, 0.2) is 60.7 Å². The summed E-state index contributed by atoms with van der Waals surface area (Å²) in [4.78, 5) is 0. The Morgan fingerprint density at radius 1 is 0.903 bits per heavy atom. The molecule has 0 aliphatic heterocycles. The minimum atomic E-state index is -0.305. The highest BCUT2D eigenvalue weighted by Gasteiger charge is 2.24. The lowest BCUT2D eigenvalue weighted by molar-refractivity contribution is 0.0824. The largest absolute Gasteiger partial charge is 0.491 e. The van der Waals surface area contributed by atoms with E-state index in [-0.39, 0.29) is 11.2 Å². The van der Waals surface area contributed by atoms with E-state index in [0.29, 0.717) is 47.1 Å². The highest BCUT2D eigenvalue weighted by atomic mass is 35.5. The van der Waals surface area contributed by atoms with Crippen molar-refractivity contribution in [2.24, 2.45) is 0 Å². The molecule has 164 valence electrons. The normalized spacial score (nSPS) is 11.4. The number of hydrogen-bond acceptors (Lipinski definition) is 3. The molecule has 0 saturated heterocycles. The average Bonchev–Trinajstić information content (AvgIpc) is 2.72. The molecule has 0 unspecified atom stereocenters. The fraction of sp³-hybridized carbons (Fsp3) is 0.280. The fourth-order valence-corrected chi connectivity index (χ4v) is 3.67. The second-order valence-electron chi connectivity index (χ2n) is 7.78. The summed E-state index contributed by atoms with van der Waals surface area (Å²) in [5.41, 5.74) is 1.64. The Kier molecular flexibility index (Phi) is 7.82. The summed E-state index contributed by atoms with van der Waals surface area (Å²) in [6.45, 7) is 7.42. The van der Waals surface area contributed by atoms with E-state index in [9.17, 15) is 4.39 Å². The third-order valence-corrected chi connectivity index (χ3v) is 5.31. The predicted molar refractivity (Wildman–Crippen MR) is 123 cm³/mol. The first-order valence-corrected chi connectivity index (χ1v) is 10.8. The molecular weight excluding hydrogens is 438 g/mol. The lowest BCUT2D eigenvalue weighted by Gasteiger charge is -2.26. The molecule has 0 amide bonds. The maximum Gasteiger partial charge on any atom is 0.156 e. The molecule has 6 heteroatoms. The molecule has 0 saturated carbocycles. The van der Waals surface area contributed by atoms with Crippen LogP contribution in [-0.4, -0.2) is 13.2 Å². The van der Waals surface area contributed by atoms with E-state index < -0.39 is 0 Å². The third-order valence-electron chi connectivity index (χ3n) is 4.75. The van der Waals surface area contributed by atoms with Crippen LogP contribution in [0.4, 0.5) is 4.39 Å². The van der Waals surface area contributed by atoms with Gasteiger partial charge in [-0.15, -0.1) is 0 Å². The Hall–Kier alpha value is -2.27. The Bertz CT molecular complexity index is 997. The molecule has 0 radical (unpaired) electrons. The minimum absolute atomic E-state index is 0.299. The molecule has 0 aromatic heterocycles. The van der Waals surface area contributed by atoms with Crippen LogP contribution in [0.1, 0.15) is 31.9 Å². The highest BCUT2D eigenvalue weighted by Crippen LogP contribution is 2.38. The summed E-state index contributed by atoms with van der Waals surface area (Å²) < 4.78 is 30.3. The van der Waals surface area contributed by atoms with Gasteiger partial charge in [-0.1, -0.05) is 49.2 Å². The van der Waals surface area contributed by atoms with Crippen LogP contribution in [0, 0.1) is 5.82 Å². The summed E-state index contributed by atoms with van der Waals surface area (Å²) in [6.07, 6.45) is 0. The summed E-state index contributed by atoms with van der Waals surface area (Å²) in [6, 6.07) is 17.3. The molecule has 3 rings (SSSR count). The van der Waals surface area contributed by atoms with Crippen molar-refractivity contribution in [1.82, 2.24) is 0 Å². The van der Waals surface area contributed by atoms with Gasteiger partial charge in [-0.3, -0.25) is 0 Å². The molecule has 0 bridgehead atoms. The van der Waals surface area contributed by atoms with Gasteiger partial charge in [0.2, 0.25) is 0 Å². The summed E-state index contributed by atoms with van der Waals surface area (Å²) in [5.74, 6) is 1.44. The first-order chi connectivity index (χ1) is 14.8. The molecule has 3 aromatic carbocycles. The first-order valence-electron chi connectivity index (χ1n) is 10.0. The zero-order valence-electron chi connectivity index (χ0n) is 17.8. The van der Waals surface area contributed by atoms with E-state index in [0.717, 1.165) is 11.1 Å². The van der Waals surface area contributed by atoms with Crippen molar-refractivity contribution in [2.75, 3.05) is 13.2 Å². The van der Waals surface area contributed by atoms with Gasteiger partial charge >= 0.3 is 0 Å². The van der Waals surface area contributed by atoms with Gasteiger partial charge in [0.15, 0.2) is 5.75 Å². The lowest BCUT2D eigenvalue weighted by atomic mass is 9.85. The molecule has 3 aromatic rings. The van der Waals surface area contributed by atoms with Gasteiger partial charge in [-0.2, -0.15) is 0 Å². The van der Waals surface area contributed by atoms with Gasteiger partial charge in [0, 0.05) is 5.41 Å². The van der Waals surface area contributed by atoms with Crippen molar-refractivity contribution < 1.29 is 18.6 Å². The van der Waals surface area contributed by atoms with Crippen LogP contribution in [0.25, 0.3) is 0 Å². The number of ether oxygens (including phenoxy) is 3. The first kappa shape index (κ1) is 23.4. The van der Waals surface area contributed by atoms with Crippen LogP contribution < -0.4 is 9.47 Å². The second kappa shape index (κ2) is 10.4. The SMILES string of the molecule is CCOc1c(Cl)cc(C(C)(C)COCc2cccc(Oc3ccc(F)cc3)c2)cc1Cl. The van der Waals surface area contributed by atoms with Crippen LogP contribution in [-0.2, 0) is 16.8 Å². The smallest absolute Gasteiger partial charge is 0.156 e. The van der Waals surface area contributed by atoms with Crippen molar-refractivity contribution in [1.29, 1.82) is 0 Å². The number of benzene rings is 3. The lowest BCUT2D eigenvalue weighted by Crippen LogP contribution is -2.24. The maximum atomic E-state index is 13.1. The Morgan fingerprint density at radius 3 is 2.23 bits per heavy atom. The van der Waals surface area contributed by atoms with Crippen LogP contribution in [0.5, 0.6) is 17.2 Å². The van der Waals surface area contributed by atoms with Gasteiger partial charge in [-0.05, 0) is 66.6 Å². The van der Waals surface area contributed by atoms with Gasteiger partial charge in [0.05, 0.1) is 29.9 Å². The fourth-order valence-electron chi connectivity index (χ4n) is 3.08. The van der Waals surface area contributed by atoms with E-state index in [1.165, 1.54) is 12.1 Å². The zero-order chi connectivity index (χ0) is 22.4. The van der Waals surface area contributed by atoms with Gasteiger partial charge in [0.25, 0.3) is 0 Å². The Labute approximate surface area is 192 Å². The molecule has 31 heavy (non-hydrogen) atoms. The van der Waals surface area contributed by atoms with Crippen molar-refractivity contribution in [3.63, 3.8) is 0 Å². The molecule has 0 N–H and O–H groups in total. The molecular formula is C25H25Cl2FO3. The molecule has 0 fully saturated rings. The van der Waals surface area contributed by atoms with Crippen LogP contribution in [0.3, 0.4) is 0 Å². The van der Waals surface area contributed by atoms with E-state index in [2.05, 4.69) is 13.8 Å². The quantitative estimate of drug-likeness (QED) is 0.324. The van der Waals surface area contributed by atoms with Crippen LogP contribution in [0.2, 0.25) is 10.0 Å². The van der Waals surface area contributed by atoms with E-state index >= 15 is 0 Å². The van der Waals surface area contributed by atoms with Crippen LogP contribution >= 0.6 is 23.2 Å². The molecule has 0 aliphatic carbocycles. The van der Waals surface area contributed by atoms with E-state index in [1.807, 2.05) is 43.3 Å². The number of hydrogen-bond donors (Lipinski definition) is 0. The van der Waals surface area contributed by atoms with Gasteiger partial charge in [0.1, 0.15) is 17.3 Å². The summed E-state index contributed by atoms with van der Waals surface area (Å²) in [5, 5.41) is 0.978. The topological polar surface area (TPSA) is 27.7 Å². The van der Waals surface area contributed by atoms with Crippen molar-refractivity contribution >= 4 is 23.2 Å². The second-order valence-corrected chi connectivity index (χ2v) is 8.60. The summed E-state index contributed by atoms with van der Waals surface area (Å²) in [7, 11) is 0. The monoisotopic (exact) mass is 462 g/mol. The van der Waals surface area contributed by atoms with Gasteiger partial charge < -0.3 is 14.2 Å². The van der Waals surface area contributed by atoms with E-state index in [1.54, 1.807) is 12.1 Å². The standard InChI is InChI=1S/C25H25Cl2FO3/c1-4-30-24-22(26)13-18(14-23(24)27)25(2,3)16-29-15-17-6-5-7-21(12-17)31-20-10-8-19(28)9-11-20/h5-14H,4,15-16H2,1-3H3. The predicted octanol–water partition coefficient (Wildman–Crippen LogP) is 7.82. The number of rotatable bonds is 9. The van der Waals surface area contributed by atoms with Crippen molar-refractivity contribution in [3.8, 4) is 17.2 Å². The van der Waals surface area contributed by atoms with Crippen molar-refractivity contribution in [3.05, 3.63) is 87.7 Å². The highest BCUT2D eigenvalue weighted by molar-refractivity contribution is 6.37. The molecule has 3 nitrogen and oxygen atoms in total. The summed E-state index contributed by atoms with van der Waals surface area (Å²) >= 11 is 12.7. The molecule has 0 aliphatic rings. The average molecular weight is 463 g/mol. The van der Waals surface area contributed by atoms with E-state index in [4.69, 9.17) is 37.4 Å². The Balaban J connectivity index is 1.62. The van der Waals surface area contributed by atoms with Gasteiger partial charge in [-0.25, -0.2) is 4.39 Å². The maximum absolute atomic E-state index is 13.1. The minimum Gasteiger partial charge on any atom is -0.491 e. The molecule has 0 atom stereocenters. The third kappa shape index (κ3) is 6.36. The molecule has 0 heterocycles. The number of halogens is 3. The van der Waals surface area contributed by atoms with Crippen molar-refractivity contribution in [2.45, 2.75) is 32.8 Å². The Morgan fingerprint density at radius 2 is 1.58 bits per heavy atom.